The SMILES string of the molecule is O=C(O)C1CCCCN(CCC(F)(F)F)C1. The number of nitrogens with zero attached hydrogens (tertiary/aromatic N) is 1. The van der Waals surface area contributed by atoms with Crippen molar-refractivity contribution in [1.82, 2.24) is 4.90 Å². The zero-order valence-electron chi connectivity index (χ0n) is 8.96. The molecular weight excluding hydrogens is 223 g/mol. The molecule has 0 aromatic heterocycles. The van der Waals surface area contributed by atoms with E-state index in [-0.39, 0.29) is 13.1 Å². The van der Waals surface area contributed by atoms with Crippen LogP contribution in [-0.4, -0.2) is 41.8 Å². The van der Waals surface area contributed by atoms with Crippen LogP contribution < -0.4 is 0 Å². The molecule has 0 bridgehead atoms. The van der Waals surface area contributed by atoms with Gasteiger partial charge in [-0.3, -0.25) is 4.79 Å². The fourth-order valence-electron chi connectivity index (χ4n) is 1.91. The largest absolute Gasteiger partial charge is 0.481 e. The molecule has 1 unspecified atom stereocenters. The molecular formula is C10H16F3NO2. The highest BCUT2D eigenvalue weighted by Gasteiger charge is 2.30. The Balaban J connectivity index is 2.43. The van der Waals surface area contributed by atoms with Crippen LogP contribution in [0.4, 0.5) is 13.2 Å². The third-order valence-corrected chi connectivity index (χ3v) is 2.82. The summed E-state index contributed by atoms with van der Waals surface area (Å²) in [6.07, 6.45) is -2.90. The van der Waals surface area contributed by atoms with Crippen molar-refractivity contribution in [2.24, 2.45) is 5.92 Å². The first-order chi connectivity index (χ1) is 7.38. The van der Waals surface area contributed by atoms with Gasteiger partial charge in [0.1, 0.15) is 0 Å². The van der Waals surface area contributed by atoms with Crippen molar-refractivity contribution in [3.63, 3.8) is 0 Å². The average molecular weight is 239 g/mol. The Morgan fingerprint density at radius 2 is 2.06 bits per heavy atom. The number of alkyl halides is 3. The van der Waals surface area contributed by atoms with Crippen molar-refractivity contribution in [3.8, 4) is 0 Å². The van der Waals surface area contributed by atoms with Crippen LogP contribution in [0, 0.1) is 5.92 Å². The molecule has 1 heterocycles. The Bertz CT molecular complexity index is 243. The van der Waals surface area contributed by atoms with E-state index >= 15 is 0 Å². The first kappa shape index (κ1) is 13.3. The van der Waals surface area contributed by atoms with Crippen LogP contribution in [0.2, 0.25) is 0 Å². The van der Waals surface area contributed by atoms with Gasteiger partial charge in [0.25, 0.3) is 0 Å². The van der Waals surface area contributed by atoms with Crippen LogP contribution >= 0.6 is 0 Å². The molecule has 1 aliphatic rings. The number of carboxylic acids is 1. The molecule has 0 spiro atoms. The number of halogens is 3. The van der Waals surface area contributed by atoms with Gasteiger partial charge in [0.05, 0.1) is 12.3 Å². The van der Waals surface area contributed by atoms with Gasteiger partial charge in [0, 0.05) is 13.1 Å². The van der Waals surface area contributed by atoms with Crippen LogP contribution in [0.25, 0.3) is 0 Å². The standard InChI is InChI=1S/C10H16F3NO2/c11-10(12,13)4-6-14-5-2-1-3-8(7-14)9(15)16/h8H,1-7H2,(H,15,16). The van der Waals surface area contributed by atoms with Crippen LogP contribution in [0.5, 0.6) is 0 Å². The fraction of sp³-hybridized carbons (Fsp3) is 0.900. The van der Waals surface area contributed by atoms with Crippen molar-refractivity contribution < 1.29 is 23.1 Å². The molecule has 1 atom stereocenters. The van der Waals surface area contributed by atoms with E-state index in [2.05, 4.69) is 0 Å². The Kier molecular flexibility index (Phi) is 4.58. The van der Waals surface area contributed by atoms with Gasteiger partial charge in [0.15, 0.2) is 0 Å². The number of aliphatic carboxylic acids is 1. The zero-order chi connectivity index (χ0) is 12.2. The Hall–Kier alpha value is -0.780. The molecule has 16 heavy (non-hydrogen) atoms. The highest BCUT2D eigenvalue weighted by Crippen LogP contribution is 2.22. The monoisotopic (exact) mass is 239 g/mol. The summed E-state index contributed by atoms with van der Waals surface area (Å²) in [4.78, 5) is 12.4. The molecule has 1 N–H and O–H groups in total. The third-order valence-electron chi connectivity index (χ3n) is 2.82. The normalized spacial score (nSPS) is 24.1. The second-order valence-electron chi connectivity index (χ2n) is 4.20. The van der Waals surface area contributed by atoms with Crippen LogP contribution in [0.15, 0.2) is 0 Å². The van der Waals surface area contributed by atoms with E-state index < -0.39 is 24.5 Å². The number of hydrogen-bond acceptors (Lipinski definition) is 2. The quantitative estimate of drug-likeness (QED) is 0.820. The summed E-state index contributed by atoms with van der Waals surface area (Å²) in [5.41, 5.74) is 0. The highest BCUT2D eigenvalue weighted by atomic mass is 19.4. The first-order valence-electron chi connectivity index (χ1n) is 5.40. The van der Waals surface area contributed by atoms with E-state index in [0.29, 0.717) is 13.0 Å². The molecule has 0 aliphatic carbocycles. The van der Waals surface area contributed by atoms with Gasteiger partial charge in [0.2, 0.25) is 0 Å². The second kappa shape index (κ2) is 5.52. The average Bonchev–Trinajstić information content (AvgIpc) is 2.38. The summed E-state index contributed by atoms with van der Waals surface area (Å²) >= 11 is 0. The van der Waals surface area contributed by atoms with Crippen LogP contribution in [0.1, 0.15) is 25.7 Å². The molecule has 0 aromatic rings. The van der Waals surface area contributed by atoms with Crippen molar-refractivity contribution in [3.05, 3.63) is 0 Å². The molecule has 3 nitrogen and oxygen atoms in total. The van der Waals surface area contributed by atoms with E-state index in [1.54, 1.807) is 4.90 Å². The predicted molar refractivity (Wildman–Crippen MR) is 52.1 cm³/mol. The lowest BCUT2D eigenvalue weighted by Gasteiger charge is -2.22. The molecule has 0 radical (unpaired) electrons. The minimum Gasteiger partial charge on any atom is -0.481 e. The van der Waals surface area contributed by atoms with Gasteiger partial charge in [-0.25, -0.2) is 0 Å². The first-order valence-corrected chi connectivity index (χ1v) is 5.40. The maximum absolute atomic E-state index is 12.0. The van der Waals surface area contributed by atoms with Crippen molar-refractivity contribution in [1.29, 1.82) is 0 Å². The number of rotatable bonds is 3. The minimum absolute atomic E-state index is 0.0900. The lowest BCUT2D eigenvalue weighted by atomic mass is 10.0. The van der Waals surface area contributed by atoms with Crippen LogP contribution in [-0.2, 0) is 4.79 Å². The van der Waals surface area contributed by atoms with Gasteiger partial charge < -0.3 is 10.0 Å². The van der Waals surface area contributed by atoms with Gasteiger partial charge in [-0.1, -0.05) is 6.42 Å². The number of carbonyl (C=O) groups is 1. The lowest BCUT2D eigenvalue weighted by Crippen LogP contribution is -2.34. The molecule has 6 heteroatoms. The number of hydrogen-bond donors (Lipinski definition) is 1. The van der Waals surface area contributed by atoms with Gasteiger partial charge in [-0.15, -0.1) is 0 Å². The van der Waals surface area contributed by atoms with E-state index in [1.807, 2.05) is 0 Å². The van der Waals surface area contributed by atoms with Gasteiger partial charge >= 0.3 is 12.1 Å². The summed E-state index contributed by atoms with van der Waals surface area (Å²) < 4.78 is 36.1. The molecule has 1 fully saturated rings. The summed E-state index contributed by atoms with van der Waals surface area (Å²) in [5.74, 6) is -1.42. The third kappa shape index (κ3) is 4.83. The molecule has 0 aromatic carbocycles. The zero-order valence-corrected chi connectivity index (χ0v) is 8.96. The van der Waals surface area contributed by atoms with E-state index in [4.69, 9.17) is 5.11 Å². The van der Waals surface area contributed by atoms with Gasteiger partial charge in [-0.05, 0) is 19.4 Å². The van der Waals surface area contributed by atoms with E-state index in [0.717, 1.165) is 12.8 Å². The van der Waals surface area contributed by atoms with Crippen LogP contribution in [0.3, 0.4) is 0 Å². The molecule has 94 valence electrons. The Morgan fingerprint density at radius 1 is 1.38 bits per heavy atom. The maximum atomic E-state index is 12.0. The summed E-state index contributed by atoms with van der Waals surface area (Å²) in [6.45, 7) is 0.721. The van der Waals surface area contributed by atoms with Gasteiger partial charge in [-0.2, -0.15) is 13.2 Å². The second-order valence-corrected chi connectivity index (χ2v) is 4.20. The fourth-order valence-corrected chi connectivity index (χ4v) is 1.91. The van der Waals surface area contributed by atoms with E-state index in [1.165, 1.54) is 0 Å². The predicted octanol–water partition coefficient (Wildman–Crippen LogP) is 2.13. The molecule has 0 amide bonds. The summed E-state index contributed by atoms with van der Waals surface area (Å²) in [7, 11) is 0. The smallest absolute Gasteiger partial charge is 0.390 e. The minimum atomic E-state index is -4.16. The highest BCUT2D eigenvalue weighted by molar-refractivity contribution is 5.70. The number of likely N-dealkylation sites (tertiary alicyclic amines) is 1. The molecule has 1 saturated heterocycles. The summed E-state index contributed by atoms with van der Waals surface area (Å²) in [6, 6.07) is 0. The summed E-state index contributed by atoms with van der Waals surface area (Å²) in [5, 5.41) is 8.86. The van der Waals surface area contributed by atoms with Crippen molar-refractivity contribution in [2.75, 3.05) is 19.6 Å². The molecule has 1 rings (SSSR count). The Morgan fingerprint density at radius 3 is 2.62 bits per heavy atom. The molecule has 0 saturated carbocycles. The number of carboxylic acid groups (broad SMARTS) is 1. The van der Waals surface area contributed by atoms with E-state index in [9.17, 15) is 18.0 Å². The topological polar surface area (TPSA) is 40.5 Å². The lowest BCUT2D eigenvalue weighted by molar-refractivity contribution is -0.143. The van der Waals surface area contributed by atoms with Crippen molar-refractivity contribution >= 4 is 5.97 Å². The Labute approximate surface area is 92.2 Å². The molecule has 1 aliphatic heterocycles. The maximum Gasteiger partial charge on any atom is 0.390 e. The van der Waals surface area contributed by atoms with Crippen molar-refractivity contribution in [2.45, 2.75) is 31.9 Å².